The fraction of sp³-hybridized carbons (Fsp3) is 0.357. The zero-order valence-corrected chi connectivity index (χ0v) is 20.7. The van der Waals surface area contributed by atoms with Crippen molar-refractivity contribution in [3.8, 4) is 11.4 Å². The maximum absolute atomic E-state index is 5.57. The molecule has 2 aliphatic heterocycles. The fourth-order valence-corrected chi connectivity index (χ4v) is 5.38. The first kappa shape index (κ1) is 21.9. The van der Waals surface area contributed by atoms with Crippen LogP contribution in [-0.2, 0) is 10.2 Å². The topological polar surface area (TPSA) is 67.3 Å². The Morgan fingerprint density at radius 1 is 0.971 bits per heavy atom. The number of rotatable bonds is 3. The Labute approximate surface area is 205 Å². The number of hydrogen-bond acceptors (Lipinski definition) is 7. The summed E-state index contributed by atoms with van der Waals surface area (Å²) in [5.74, 6) is 0. The first-order chi connectivity index (χ1) is 16.9. The minimum atomic E-state index is -0.0876. The van der Waals surface area contributed by atoms with Gasteiger partial charge in [0, 0.05) is 48.4 Å². The highest BCUT2D eigenvalue weighted by Gasteiger charge is 2.39. The van der Waals surface area contributed by atoms with E-state index < -0.39 is 0 Å². The Morgan fingerprint density at radius 3 is 2.60 bits per heavy atom. The number of anilines is 3. The molecule has 0 N–H and O–H groups in total. The van der Waals surface area contributed by atoms with Crippen LogP contribution in [0.2, 0.25) is 0 Å². The van der Waals surface area contributed by atoms with Gasteiger partial charge in [0.1, 0.15) is 0 Å². The highest BCUT2D eigenvalue weighted by molar-refractivity contribution is 5.99. The molecule has 6 heterocycles. The number of nitrogens with zero attached hydrogens (tertiary/aromatic N) is 6. The number of fused-ring (bicyclic) bond motifs is 2. The summed E-state index contributed by atoms with van der Waals surface area (Å²) >= 11 is 0. The zero-order valence-electron chi connectivity index (χ0n) is 20.7. The molecule has 0 amide bonds. The van der Waals surface area contributed by atoms with Crippen molar-refractivity contribution in [1.29, 1.82) is 0 Å². The van der Waals surface area contributed by atoms with E-state index in [4.69, 9.17) is 14.7 Å². The van der Waals surface area contributed by atoms with Gasteiger partial charge in [-0.2, -0.15) is 0 Å². The highest BCUT2D eigenvalue weighted by atomic mass is 16.5. The quantitative estimate of drug-likeness (QED) is 0.422. The van der Waals surface area contributed by atoms with Gasteiger partial charge in [-0.1, -0.05) is 13.8 Å². The number of aromatic nitrogens is 4. The second kappa shape index (κ2) is 8.27. The van der Waals surface area contributed by atoms with Gasteiger partial charge < -0.3 is 14.5 Å². The second-order valence-electron chi connectivity index (χ2n) is 10.2. The van der Waals surface area contributed by atoms with Gasteiger partial charge in [0.05, 0.1) is 65.3 Å². The smallest absolute Gasteiger partial charge is 0.0944 e. The maximum Gasteiger partial charge on any atom is 0.0944 e. The lowest BCUT2D eigenvalue weighted by Gasteiger charge is -2.30. The molecular weight excluding hydrogens is 436 g/mol. The number of aryl methyl sites for hydroxylation is 1. The van der Waals surface area contributed by atoms with Crippen molar-refractivity contribution in [2.24, 2.45) is 0 Å². The lowest BCUT2D eigenvalue weighted by Crippen LogP contribution is -2.36. The van der Waals surface area contributed by atoms with Crippen molar-refractivity contribution in [3.63, 3.8) is 0 Å². The molecule has 0 aliphatic carbocycles. The first-order valence-corrected chi connectivity index (χ1v) is 12.2. The van der Waals surface area contributed by atoms with Crippen molar-refractivity contribution in [2.45, 2.75) is 33.1 Å². The lowest BCUT2D eigenvalue weighted by molar-refractivity contribution is 0.122. The highest BCUT2D eigenvalue weighted by Crippen LogP contribution is 2.48. The van der Waals surface area contributed by atoms with Crippen molar-refractivity contribution >= 4 is 28.0 Å². The molecule has 178 valence electrons. The van der Waals surface area contributed by atoms with E-state index in [9.17, 15) is 0 Å². The van der Waals surface area contributed by atoms with Gasteiger partial charge >= 0.3 is 0 Å². The number of ether oxygens (including phenoxy) is 1. The Bertz CT molecular complexity index is 1430. The molecule has 0 spiro atoms. The van der Waals surface area contributed by atoms with E-state index in [-0.39, 0.29) is 5.41 Å². The van der Waals surface area contributed by atoms with Crippen LogP contribution >= 0.6 is 0 Å². The Morgan fingerprint density at radius 2 is 1.80 bits per heavy atom. The fourth-order valence-electron chi connectivity index (χ4n) is 5.38. The molecule has 0 saturated carbocycles. The van der Waals surface area contributed by atoms with E-state index in [1.807, 2.05) is 30.9 Å². The lowest BCUT2D eigenvalue weighted by atomic mass is 9.91. The predicted octanol–water partition coefficient (Wildman–Crippen LogP) is 4.97. The molecule has 0 atom stereocenters. The summed E-state index contributed by atoms with van der Waals surface area (Å²) in [6.45, 7) is 12.9. The summed E-state index contributed by atoms with van der Waals surface area (Å²) in [4.78, 5) is 23.9. The van der Waals surface area contributed by atoms with Crippen molar-refractivity contribution in [1.82, 2.24) is 19.9 Å². The number of pyridine rings is 4. The van der Waals surface area contributed by atoms with Gasteiger partial charge in [0.15, 0.2) is 0 Å². The molecule has 7 heteroatoms. The van der Waals surface area contributed by atoms with Crippen LogP contribution in [0.4, 0.5) is 17.1 Å². The molecular formula is C28H30N6O. The molecule has 1 saturated heterocycles. The molecule has 6 rings (SSSR count). The Hall–Kier alpha value is -3.58. The van der Waals surface area contributed by atoms with E-state index in [0.717, 1.165) is 89.0 Å². The summed E-state index contributed by atoms with van der Waals surface area (Å²) in [6.07, 6.45) is 7.58. The molecule has 1 fully saturated rings. The van der Waals surface area contributed by atoms with E-state index in [1.165, 1.54) is 0 Å². The summed E-state index contributed by atoms with van der Waals surface area (Å²) < 4.78 is 5.57. The number of morpholine rings is 1. The van der Waals surface area contributed by atoms with E-state index in [2.05, 4.69) is 65.7 Å². The molecule has 0 unspecified atom stereocenters. The number of hydrogen-bond donors (Lipinski definition) is 0. The van der Waals surface area contributed by atoms with Crippen LogP contribution in [0, 0.1) is 13.8 Å². The molecule has 4 aromatic heterocycles. The SMILES string of the molecule is Cc1ccnc(-c2nc3cnccc3c(N3CC(C)(C)c4ncc(N5CCOCC5)cc43)c2C)c1. The van der Waals surface area contributed by atoms with Gasteiger partial charge in [0.25, 0.3) is 0 Å². The van der Waals surface area contributed by atoms with Crippen molar-refractivity contribution < 1.29 is 4.74 Å². The summed E-state index contributed by atoms with van der Waals surface area (Å²) in [6, 6.07) is 8.49. The van der Waals surface area contributed by atoms with Crippen LogP contribution in [0.5, 0.6) is 0 Å². The standard InChI is InChI=1S/C28H30N6O/c1-18-5-8-30-22(13-18)25-19(2)26(21-6-7-29-16-23(21)32-25)34-17-28(3,4)27-24(34)14-20(15-31-27)33-9-11-35-12-10-33/h5-8,13-16H,9-12,17H2,1-4H3. The molecule has 0 aromatic carbocycles. The molecule has 0 radical (unpaired) electrons. The van der Waals surface area contributed by atoms with Gasteiger partial charge in [-0.25, -0.2) is 4.98 Å². The van der Waals surface area contributed by atoms with Crippen molar-refractivity contribution in [3.05, 3.63) is 65.9 Å². The summed E-state index contributed by atoms with van der Waals surface area (Å²) in [5, 5.41) is 1.09. The molecule has 7 nitrogen and oxygen atoms in total. The zero-order chi connectivity index (χ0) is 24.2. The Kier molecular flexibility index (Phi) is 5.18. The van der Waals surface area contributed by atoms with Gasteiger partial charge in [-0.3, -0.25) is 15.0 Å². The summed E-state index contributed by atoms with van der Waals surface area (Å²) in [7, 11) is 0. The average molecular weight is 467 g/mol. The van der Waals surface area contributed by atoms with E-state index in [1.54, 1.807) is 0 Å². The molecule has 35 heavy (non-hydrogen) atoms. The first-order valence-electron chi connectivity index (χ1n) is 12.2. The van der Waals surface area contributed by atoms with E-state index in [0.29, 0.717) is 0 Å². The van der Waals surface area contributed by atoms with Crippen LogP contribution in [0.15, 0.2) is 49.1 Å². The van der Waals surface area contributed by atoms with Crippen molar-refractivity contribution in [2.75, 3.05) is 42.6 Å². The van der Waals surface area contributed by atoms with Gasteiger partial charge in [-0.15, -0.1) is 0 Å². The van der Waals surface area contributed by atoms with Crippen LogP contribution in [0.25, 0.3) is 22.3 Å². The maximum atomic E-state index is 5.57. The van der Waals surface area contributed by atoms with Crippen LogP contribution in [0.1, 0.15) is 30.7 Å². The predicted molar refractivity (Wildman–Crippen MR) is 140 cm³/mol. The van der Waals surface area contributed by atoms with Crippen LogP contribution < -0.4 is 9.80 Å². The molecule has 4 aromatic rings. The average Bonchev–Trinajstić information content (AvgIpc) is 3.14. The van der Waals surface area contributed by atoms with Gasteiger partial charge in [-0.05, 0) is 43.7 Å². The minimum Gasteiger partial charge on any atom is -0.378 e. The van der Waals surface area contributed by atoms with E-state index >= 15 is 0 Å². The molecule has 0 bridgehead atoms. The minimum absolute atomic E-state index is 0.0876. The van der Waals surface area contributed by atoms with Gasteiger partial charge in [0.2, 0.25) is 0 Å². The van der Waals surface area contributed by atoms with Crippen LogP contribution in [-0.4, -0.2) is 52.8 Å². The third-order valence-electron chi connectivity index (χ3n) is 7.14. The monoisotopic (exact) mass is 466 g/mol. The third kappa shape index (κ3) is 3.71. The second-order valence-corrected chi connectivity index (χ2v) is 10.2. The third-order valence-corrected chi connectivity index (χ3v) is 7.14. The van der Waals surface area contributed by atoms with Crippen LogP contribution in [0.3, 0.4) is 0 Å². The molecule has 2 aliphatic rings. The summed E-state index contributed by atoms with van der Waals surface area (Å²) in [5.41, 5.74) is 9.43. The normalized spacial score (nSPS) is 17.1. The Balaban J connectivity index is 1.57. The largest absolute Gasteiger partial charge is 0.378 e.